The highest BCUT2D eigenvalue weighted by Crippen LogP contribution is 2.41. The Morgan fingerprint density at radius 3 is 2.77 bits per heavy atom. The number of aromatic nitrogens is 1. The Morgan fingerprint density at radius 2 is 2.08 bits per heavy atom. The number of thioether (sulfide) groups is 1. The van der Waals surface area contributed by atoms with Crippen LogP contribution in [0, 0.1) is 5.82 Å². The SMILES string of the molecule is CCC(=O)N1C(C(=O)NCc2ccncc2)CSC1c1cccc(F)c1. The molecule has 3 rings (SSSR count). The number of carbonyl (C=O) groups is 2. The van der Waals surface area contributed by atoms with Crippen LogP contribution in [0.4, 0.5) is 4.39 Å². The van der Waals surface area contributed by atoms with Gasteiger partial charge in [-0.2, -0.15) is 0 Å². The molecule has 1 aliphatic rings. The molecule has 2 aromatic rings. The second kappa shape index (κ2) is 8.31. The number of amides is 2. The monoisotopic (exact) mass is 373 g/mol. The summed E-state index contributed by atoms with van der Waals surface area (Å²) >= 11 is 1.48. The van der Waals surface area contributed by atoms with E-state index in [1.165, 1.54) is 23.9 Å². The molecule has 1 fully saturated rings. The Labute approximate surface area is 156 Å². The van der Waals surface area contributed by atoms with Crippen molar-refractivity contribution in [1.82, 2.24) is 15.2 Å². The third kappa shape index (κ3) is 4.04. The van der Waals surface area contributed by atoms with E-state index in [4.69, 9.17) is 0 Å². The van der Waals surface area contributed by atoms with E-state index in [2.05, 4.69) is 10.3 Å². The summed E-state index contributed by atoms with van der Waals surface area (Å²) in [6, 6.07) is 9.29. The molecule has 5 nitrogen and oxygen atoms in total. The van der Waals surface area contributed by atoms with Crippen molar-refractivity contribution in [1.29, 1.82) is 0 Å². The summed E-state index contributed by atoms with van der Waals surface area (Å²) in [4.78, 5) is 30.7. The van der Waals surface area contributed by atoms with Crippen LogP contribution in [0.15, 0.2) is 48.8 Å². The molecule has 2 unspecified atom stereocenters. The smallest absolute Gasteiger partial charge is 0.243 e. The molecule has 0 spiro atoms. The first-order valence-electron chi connectivity index (χ1n) is 8.45. The van der Waals surface area contributed by atoms with Crippen LogP contribution < -0.4 is 5.32 Å². The van der Waals surface area contributed by atoms with Gasteiger partial charge in [0.15, 0.2) is 0 Å². The fourth-order valence-corrected chi connectivity index (χ4v) is 4.36. The molecule has 0 bridgehead atoms. The topological polar surface area (TPSA) is 62.3 Å². The van der Waals surface area contributed by atoms with Gasteiger partial charge in [-0.05, 0) is 35.4 Å². The Morgan fingerprint density at radius 1 is 1.31 bits per heavy atom. The first kappa shape index (κ1) is 18.4. The van der Waals surface area contributed by atoms with Crippen molar-refractivity contribution in [3.8, 4) is 0 Å². The van der Waals surface area contributed by atoms with Crippen LogP contribution in [-0.4, -0.2) is 33.5 Å². The zero-order valence-electron chi connectivity index (χ0n) is 14.4. The first-order chi connectivity index (χ1) is 12.6. The van der Waals surface area contributed by atoms with Crippen LogP contribution >= 0.6 is 11.8 Å². The molecule has 7 heteroatoms. The van der Waals surface area contributed by atoms with Gasteiger partial charge in [-0.1, -0.05) is 19.1 Å². The summed E-state index contributed by atoms with van der Waals surface area (Å²) in [6.45, 7) is 2.14. The third-order valence-corrected chi connectivity index (χ3v) is 5.57. The molecule has 2 atom stereocenters. The van der Waals surface area contributed by atoms with Crippen LogP contribution in [0.2, 0.25) is 0 Å². The van der Waals surface area contributed by atoms with Gasteiger partial charge in [0.25, 0.3) is 0 Å². The molecular weight excluding hydrogens is 353 g/mol. The number of hydrogen-bond acceptors (Lipinski definition) is 4. The van der Waals surface area contributed by atoms with Gasteiger partial charge in [0.1, 0.15) is 17.2 Å². The average Bonchev–Trinajstić information content (AvgIpc) is 3.11. The normalized spacial score (nSPS) is 19.4. The lowest BCUT2D eigenvalue weighted by Gasteiger charge is -2.28. The highest BCUT2D eigenvalue weighted by Gasteiger charge is 2.41. The van der Waals surface area contributed by atoms with Crippen molar-refractivity contribution in [2.45, 2.75) is 31.3 Å². The van der Waals surface area contributed by atoms with Crippen LogP contribution in [0.1, 0.15) is 29.8 Å². The van der Waals surface area contributed by atoms with Crippen molar-refractivity contribution in [2.75, 3.05) is 5.75 Å². The summed E-state index contributed by atoms with van der Waals surface area (Å²) in [5.41, 5.74) is 1.63. The molecule has 1 aliphatic heterocycles. The van der Waals surface area contributed by atoms with Gasteiger partial charge in [0.2, 0.25) is 11.8 Å². The highest BCUT2D eigenvalue weighted by molar-refractivity contribution is 7.99. The molecule has 0 aliphatic carbocycles. The minimum absolute atomic E-state index is 0.117. The van der Waals surface area contributed by atoms with Gasteiger partial charge in [-0.25, -0.2) is 4.39 Å². The standard InChI is InChI=1S/C19H20FN3O2S/c1-2-17(24)23-16(18(25)22-11-13-6-8-21-9-7-13)12-26-19(23)14-4-3-5-15(20)10-14/h3-10,16,19H,2,11-12H2,1H3,(H,22,25). The number of nitrogens with zero attached hydrogens (tertiary/aromatic N) is 2. The van der Waals surface area contributed by atoms with Crippen molar-refractivity contribution in [3.63, 3.8) is 0 Å². The van der Waals surface area contributed by atoms with Gasteiger partial charge in [-0.15, -0.1) is 11.8 Å². The van der Waals surface area contributed by atoms with Crippen molar-refractivity contribution >= 4 is 23.6 Å². The molecule has 26 heavy (non-hydrogen) atoms. The van der Waals surface area contributed by atoms with Crippen LogP contribution in [0.3, 0.4) is 0 Å². The van der Waals surface area contributed by atoms with E-state index in [0.717, 1.165) is 5.56 Å². The minimum Gasteiger partial charge on any atom is -0.350 e. The molecule has 2 amide bonds. The van der Waals surface area contributed by atoms with Gasteiger partial charge < -0.3 is 10.2 Å². The molecular formula is C19H20FN3O2S. The molecule has 2 heterocycles. The summed E-state index contributed by atoms with van der Waals surface area (Å²) in [5.74, 6) is -0.185. The molecule has 136 valence electrons. The Balaban J connectivity index is 1.75. The van der Waals surface area contributed by atoms with Gasteiger partial charge in [0.05, 0.1) is 0 Å². The Bertz CT molecular complexity index is 787. The molecule has 1 N–H and O–H groups in total. The fourth-order valence-electron chi connectivity index (χ4n) is 2.92. The largest absolute Gasteiger partial charge is 0.350 e. The maximum absolute atomic E-state index is 13.6. The fraction of sp³-hybridized carbons (Fsp3) is 0.316. The van der Waals surface area contributed by atoms with Crippen LogP contribution in [-0.2, 0) is 16.1 Å². The Hall–Kier alpha value is -2.41. The Kier molecular flexibility index (Phi) is 5.88. The van der Waals surface area contributed by atoms with Gasteiger partial charge in [-0.3, -0.25) is 14.6 Å². The zero-order chi connectivity index (χ0) is 18.5. The average molecular weight is 373 g/mol. The first-order valence-corrected chi connectivity index (χ1v) is 9.50. The third-order valence-electron chi connectivity index (χ3n) is 4.24. The van der Waals surface area contributed by atoms with Crippen molar-refractivity contribution < 1.29 is 14.0 Å². The molecule has 1 aromatic carbocycles. The van der Waals surface area contributed by atoms with E-state index >= 15 is 0 Å². The number of halogens is 1. The number of pyridine rings is 1. The lowest BCUT2D eigenvalue weighted by Crippen LogP contribution is -2.47. The summed E-state index contributed by atoms with van der Waals surface area (Å²) in [6.07, 6.45) is 3.63. The van der Waals surface area contributed by atoms with E-state index < -0.39 is 6.04 Å². The molecule has 1 aromatic heterocycles. The van der Waals surface area contributed by atoms with Crippen LogP contribution in [0.5, 0.6) is 0 Å². The predicted molar refractivity (Wildman–Crippen MR) is 98.6 cm³/mol. The lowest BCUT2D eigenvalue weighted by atomic mass is 10.1. The van der Waals surface area contributed by atoms with E-state index in [0.29, 0.717) is 24.3 Å². The van der Waals surface area contributed by atoms with Crippen LogP contribution in [0.25, 0.3) is 0 Å². The summed E-state index contributed by atoms with van der Waals surface area (Å²) in [5, 5.41) is 2.53. The maximum Gasteiger partial charge on any atom is 0.243 e. The second-order valence-corrected chi connectivity index (χ2v) is 7.10. The minimum atomic E-state index is -0.567. The summed E-state index contributed by atoms with van der Waals surface area (Å²) in [7, 11) is 0. The number of rotatable bonds is 5. The lowest BCUT2D eigenvalue weighted by molar-refractivity contribution is -0.139. The zero-order valence-corrected chi connectivity index (χ0v) is 15.2. The molecule has 0 radical (unpaired) electrons. The summed E-state index contributed by atoms with van der Waals surface area (Å²) < 4.78 is 13.6. The highest BCUT2D eigenvalue weighted by atomic mass is 32.2. The van der Waals surface area contributed by atoms with Gasteiger partial charge in [0, 0.05) is 31.1 Å². The van der Waals surface area contributed by atoms with Gasteiger partial charge >= 0.3 is 0 Å². The van der Waals surface area contributed by atoms with E-state index in [9.17, 15) is 14.0 Å². The maximum atomic E-state index is 13.6. The second-order valence-electron chi connectivity index (χ2n) is 5.98. The predicted octanol–water partition coefficient (Wildman–Crippen LogP) is 2.89. The van der Waals surface area contributed by atoms with E-state index in [1.807, 2.05) is 12.1 Å². The molecule has 1 saturated heterocycles. The number of carbonyl (C=O) groups excluding carboxylic acids is 2. The molecule has 0 saturated carbocycles. The number of nitrogens with one attached hydrogen (secondary N) is 1. The number of benzene rings is 1. The van der Waals surface area contributed by atoms with Crippen molar-refractivity contribution in [3.05, 3.63) is 65.7 Å². The van der Waals surface area contributed by atoms with E-state index in [-0.39, 0.29) is 23.0 Å². The number of hydrogen-bond donors (Lipinski definition) is 1. The quantitative estimate of drug-likeness (QED) is 0.875. The van der Waals surface area contributed by atoms with Crippen molar-refractivity contribution in [2.24, 2.45) is 0 Å². The van der Waals surface area contributed by atoms with E-state index in [1.54, 1.807) is 36.4 Å².